The number of allylic oxidation sites excluding steroid dienone is 12. The van der Waals surface area contributed by atoms with Gasteiger partial charge in [0.15, 0.2) is 12.4 Å². The molecule has 0 aliphatic carbocycles. The number of esters is 2. The molecule has 578 valence electrons. The fourth-order valence-corrected chi connectivity index (χ4v) is 12.9. The predicted molar refractivity (Wildman–Crippen MR) is 426 cm³/mol. The Bertz CT molecular complexity index is 1860. The van der Waals surface area contributed by atoms with Crippen LogP contribution < -0.4 is 5.11 Å². The van der Waals surface area contributed by atoms with Gasteiger partial charge in [-0.05, 0) is 83.5 Å². The quantitative estimate of drug-likeness (QED) is 0.0195. The number of carbonyl (C=O) groups is 3. The van der Waals surface area contributed by atoms with Crippen molar-refractivity contribution >= 4 is 17.9 Å². The molecule has 2 atom stereocenters. The molecule has 0 spiro atoms. The van der Waals surface area contributed by atoms with Crippen molar-refractivity contribution in [1.82, 2.24) is 0 Å². The molecule has 0 heterocycles. The number of likely N-dealkylation sites (N-methyl/N-ethyl adjacent to an activating group) is 1. The highest BCUT2D eigenvalue weighted by molar-refractivity contribution is 5.70. The van der Waals surface area contributed by atoms with Crippen LogP contribution in [0.15, 0.2) is 72.9 Å². The Morgan fingerprint density at radius 1 is 0.313 bits per heavy atom. The average molecular weight is 1390 g/mol. The van der Waals surface area contributed by atoms with E-state index in [9.17, 15) is 19.5 Å². The van der Waals surface area contributed by atoms with E-state index in [1.165, 1.54) is 327 Å². The zero-order valence-corrected chi connectivity index (χ0v) is 66.4. The van der Waals surface area contributed by atoms with Gasteiger partial charge in [-0.1, -0.05) is 401 Å². The van der Waals surface area contributed by atoms with Crippen LogP contribution in [0.2, 0.25) is 0 Å². The maximum atomic E-state index is 13.0. The second-order valence-corrected chi connectivity index (χ2v) is 30.4. The molecular weight excluding hydrogens is 1220 g/mol. The molecule has 0 rings (SSSR count). The Hall–Kier alpha value is -3.27. The molecule has 0 bridgehead atoms. The van der Waals surface area contributed by atoms with Gasteiger partial charge in [0.1, 0.15) is 13.2 Å². The number of ether oxygens (including phenoxy) is 4. The van der Waals surface area contributed by atoms with Gasteiger partial charge >= 0.3 is 11.9 Å². The van der Waals surface area contributed by atoms with E-state index in [4.69, 9.17) is 18.9 Å². The van der Waals surface area contributed by atoms with Crippen LogP contribution in [0.3, 0.4) is 0 Å². The van der Waals surface area contributed by atoms with Gasteiger partial charge < -0.3 is 33.3 Å². The molecule has 0 amide bonds. The summed E-state index contributed by atoms with van der Waals surface area (Å²) in [5, 5.41) is 11.9. The van der Waals surface area contributed by atoms with Crippen molar-refractivity contribution in [3.05, 3.63) is 72.9 Å². The van der Waals surface area contributed by atoms with E-state index in [2.05, 4.69) is 86.8 Å². The third-order valence-corrected chi connectivity index (χ3v) is 19.4. The molecule has 0 saturated heterocycles. The first-order valence-electron chi connectivity index (χ1n) is 43.1. The van der Waals surface area contributed by atoms with Crippen molar-refractivity contribution in [2.75, 3.05) is 47.5 Å². The number of quaternary nitrogens is 1. The van der Waals surface area contributed by atoms with Gasteiger partial charge in [0.2, 0.25) is 0 Å². The predicted octanol–water partition coefficient (Wildman–Crippen LogP) is 26.6. The monoisotopic (exact) mass is 1390 g/mol. The molecule has 9 nitrogen and oxygen atoms in total. The summed E-state index contributed by atoms with van der Waals surface area (Å²) in [6, 6.07) is 0. The number of carbonyl (C=O) groups excluding carboxylic acids is 3. The van der Waals surface area contributed by atoms with Gasteiger partial charge in [-0.15, -0.1) is 0 Å². The molecular formula is C90H165NO8. The molecule has 0 radical (unpaired) electrons. The summed E-state index contributed by atoms with van der Waals surface area (Å²) < 4.78 is 22.9. The minimum atomic E-state index is -1.62. The van der Waals surface area contributed by atoms with Crippen LogP contribution >= 0.6 is 0 Å². The lowest BCUT2D eigenvalue weighted by molar-refractivity contribution is -0.870. The van der Waals surface area contributed by atoms with E-state index in [-0.39, 0.29) is 32.2 Å². The van der Waals surface area contributed by atoms with E-state index in [1.54, 1.807) is 0 Å². The average Bonchev–Trinajstić information content (AvgIpc) is 2.19. The maximum absolute atomic E-state index is 13.0. The van der Waals surface area contributed by atoms with Crippen LogP contribution in [0, 0.1) is 0 Å². The minimum Gasteiger partial charge on any atom is -0.545 e. The molecule has 0 aromatic carbocycles. The summed E-state index contributed by atoms with van der Waals surface area (Å²) >= 11 is 0. The van der Waals surface area contributed by atoms with E-state index < -0.39 is 24.3 Å². The molecule has 0 aromatic rings. The second kappa shape index (κ2) is 80.4. The summed E-state index contributed by atoms with van der Waals surface area (Å²) in [6.07, 6.45) is 106. The first-order valence-corrected chi connectivity index (χ1v) is 43.1. The molecule has 0 aliphatic rings. The van der Waals surface area contributed by atoms with Crippen LogP contribution in [-0.4, -0.2) is 82.3 Å². The van der Waals surface area contributed by atoms with Crippen LogP contribution in [0.5, 0.6) is 0 Å². The zero-order valence-electron chi connectivity index (χ0n) is 66.4. The van der Waals surface area contributed by atoms with E-state index in [0.29, 0.717) is 23.9 Å². The van der Waals surface area contributed by atoms with Gasteiger partial charge in [0, 0.05) is 12.8 Å². The highest BCUT2D eigenvalue weighted by Crippen LogP contribution is 2.20. The summed E-state index contributed by atoms with van der Waals surface area (Å²) in [6.45, 7) is 4.71. The Labute approximate surface area is 615 Å². The third-order valence-electron chi connectivity index (χ3n) is 19.4. The van der Waals surface area contributed by atoms with Gasteiger partial charge in [-0.2, -0.15) is 0 Å². The first kappa shape index (κ1) is 95.7. The smallest absolute Gasteiger partial charge is 0.306 e. The molecule has 0 aliphatic heterocycles. The van der Waals surface area contributed by atoms with Gasteiger partial charge in [-0.25, -0.2) is 0 Å². The Balaban J connectivity index is 3.93. The van der Waals surface area contributed by atoms with Crippen molar-refractivity contribution in [2.45, 2.75) is 437 Å². The maximum Gasteiger partial charge on any atom is 0.306 e. The number of hydrogen-bond acceptors (Lipinski definition) is 8. The molecule has 0 fully saturated rings. The van der Waals surface area contributed by atoms with Crippen LogP contribution in [0.4, 0.5) is 0 Å². The van der Waals surface area contributed by atoms with Crippen molar-refractivity contribution < 1.29 is 42.9 Å². The van der Waals surface area contributed by atoms with E-state index in [0.717, 1.165) is 64.2 Å². The Morgan fingerprint density at radius 3 is 0.869 bits per heavy atom. The second-order valence-electron chi connectivity index (χ2n) is 30.4. The van der Waals surface area contributed by atoms with Crippen molar-refractivity contribution in [1.29, 1.82) is 0 Å². The summed E-state index contributed by atoms with van der Waals surface area (Å²) in [4.78, 5) is 37.7. The Kier molecular flexibility index (Phi) is 77.8. The normalized spacial score (nSPS) is 12.9. The van der Waals surface area contributed by atoms with Gasteiger partial charge in [0.05, 0.1) is 40.3 Å². The standard InChI is InChI=1S/C90H165NO8/c1-6-8-10-12-14-16-18-20-22-24-26-28-30-32-34-36-38-40-42-44-46-48-50-52-54-56-58-60-62-64-66-68-70-72-74-76-78-80-87(92)97-84-86(85-98-90(89(94)95)96-83-82-91(3,4)5)99-88(93)81-79-77-75-73-71-69-67-65-63-61-59-57-55-53-51-49-47-45-43-41-39-37-35-33-31-29-27-25-23-21-19-17-15-13-11-9-7-2/h9,11,15,17,21,23-24,26-27,29,33,35,86,90H,6-8,10,12-14,16,18-20,22,25,28,30-32,34,36-85H2,1-5H3/b11-9-,17-15-,23-21-,26-24-,29-27-,35-33-. The topological polar surface area (TPSA) is 111 Å². The number of carboxylic acid groups (broad SMARTS) is 1. The van der Waals surface area contributed by atoms with Gasteiger partial charge in [0.25, 0.3) is 0 Å². The largest absolute Gasteiger partial charge is 0.545 e. The SMILES string of the molecule is CC/C=C\C/C=C\C/C=C\C/C=C\C/C=C\CCCCCCCCCCCCCCCCCCCCCCCC(=O)OC(COC(=O)CCCCCCCCCCCCCCCCCCCCCCCCCCC/C=C\CCCCCCCCCC)COC(OCC[N+](C)(C)C)C(=O)[O-]. The number of hydrogen-bond donors (Lipinski definition) is 0. The Morgan fingerprint density at radius 2 is 0.576 bits per heavy atom. The fraction of sp³-hybridized carbons (Fsp3) is 0.833. The van der Waals surface area contributed by atoms with Crippen molar-refractivity contribution in [3.8, 4) is 0 Å². The highest BCUT2D eigenvalue weighted by atomic mass is 16.7. The number of rotatable bonds is 81. The number of aliphatic carboxylic acids is 1. The van der Waals surface area contributed by atoms with E-state index in [1.807, 2.05) is 21.1 Å². The lowest BCUT2D eigenvalue weighted by Crippen LogP contribution is -2.44. The summed E-state index contributed by atoms with van der Waals surface area (Å²) in [5.41, 5.74) is 0. The zero-order chi connectivity index (χ0) is 71.8. The molecule has 2 unspecified atom stereocenters. The fourth-order valence-electron chi connectivity index (χ4n) is 12.9. The number of carboxylic acids is 1. The lowest BCUT2D eigenvalue weighted by atomic mass is 10.0. The number of unbranched alkanes of at least 4 members (excludes halogenated alkanes) is 54. The molecule has 0 aromatic heterocycles. The summed E-state index contributed by atoms with van der Waals surface area (Å²) in [7, 11) is 5.95. The molecule has 9 heteroatoms. The third kappa shape index (κ3) is 81.9. The minimum absolute atomic E-state index is 0.150. The van der Waals surface area contributed by atoms with Crippen LogP contribution in [0.25, 0.3) is 0 Å². The molecule has 0 saturated carbocycles. The van der Waals surface area contributed by atoms with Gasteiger partial charge in [-0.3, -0.25) is 9.59 Å². The molecule has 99 heavy (non-hydrogen) atoms. The lowest BCUT2D eigenvalue weighted by Gasteiger charge is -2.26. The van der Waals surface area contributed by atoms with Crippen LogP contribution in [-0.2, 0) is 33.3 Å². The van der Waals surface area contributed by atoms with E-state index >= 15 is 0 Å². The first-order chi connectivity index (χ1) is 48.6. The van der Waals surface area contributed by atoms with Crippen LogP contribution in [0.1, 0.15) is 425 Å². The van der Waals surface area contributed by atoms with Crippen molar-refractivity contribution in [2.24, 2.45) is 0 Å². The van der Waals surface area contributed by atoms with Crippen molar-refractivity contribution in [3.63, 3.8) is 0 Å². The summed E-state index contributed by atoms with van der Waals surface area (Å²) in [5.74, 6) is -2.25. The number of nitrogens with zero attached hydrogens (tertiary/aromatic N) is 1. The molecule has 0 N–H and O–H groups in total. The highest BCUT2D eigenvalue weighted by Gasteiger charge is 2.22.